The van der Waals surface area contributed by atoms with Crippen LogP contribution in [-0.4, -0.2) is 59.8 Å². The molecular weight excluding hydrogens is 365 g/mol. The third-order valence-electron chi connectivity index (χ3n) is 4.65. The third kappa shape index (κ3) is 8.03. The first kappa shape index (κ1) is 21.9. The van der Waals surface area contributed by atoms with Crippen molar-refractivity contribution in [2.45, 2.75) is 44.2 Å². The molecule has 0 spiro atoms. The van der Waals surface area contributed by atoms with E-state index in [9.17, 15) is 14.3 Å². The van der Waals surface area contributed by atoms with Crippen LogP contribution in [0.25, 0.3) is 0 Å². The Balaban J connectivity index is 1.73. The Labute approximate surface area is 165 Å². The summed E-state index contributed by atoms with van der Waals surface area (Å²) < 4.78 is 18.0. The number of thioether (sulfide) groups is 1. The SMILES string of the molecule is COCCCCSCCN1C(=O)CCC1/C=C/[C@@H](O)Cc1ccc(F)cc1. The van der Waals surface area contributed by atoms with Gasteiger partial charge >= 0.3 is 0 Å². The second-order valence-electron chi connectivity index (χ2n) is 6.79. The van der Waals surface area contributed by atoms with Crippen LogP contribution in [-0.2, 0) is 16.0 Å². The highest BCUT2D eigenvalue weighted by atomic mass is 32.2. The molecule has 1 aromatic carbocycles. The molecule has 1 heterocycles. The number of hydrogen-bond donors (Lipinski definition) is 1. The van der Waals surface area contributed by atoms with E-state index in [2.05, 4.69) is 0 Å². The molecule has 0 radical (unpaired) electrons. The van der Waals surface area contributed by atoms with Gasteiger partial charge in [0.25, 0.3) is 0 Å². The number of aliphatic hydroxyl groups is 1. The number of rotatable bonds is 12. The van der Waals surface area contributed by atoms with Crippen molar-refractivity contribution in [2.24, 2.45) is 0 Å². The van der Waals surface area contributed by atoms with Gasteiger partial charge in [0.15, 0.2) is 0 Å². The van der Waals surface area contributed by atoms with E-state index in [1.807, 2.05) is 22.7 Å². The summed E-state index contributed by atoms with van der Waals surface area (Å²) in [6.07, 6.45) is 7.09. The fraction of sp³-hybridized carbons (Fsp3) is 0.571. The minimum absolute atomic E-state index is 0.0643. The van der Waals surface area contributed by atoms with E-state index in [1.54, 1.807) is 25.3 Å². The van der Waals surface area contributed by atoms with Gasteiger partial charge < -0.3 is 14.7 Å². The van der Waals surface area contributed by atoms with Crippen molar-refractivity contribution in [3.05, 3.63) is 47.8 Å². The molecule has 4 nitrogen and oxygen atoms in total. The van der Waals surface area contributed by atoms with Crippen LogP contribution in [0.2, 0.25) is 0 Å². The molecule has 27 heavy (non-hydrogen) atoms. The van der Waals surface area contributed by atoms with E-state index in [1.165, 1.54) is 12.1 Å². The molecule has 2 atom stereocenters. The topological polar surface area (TPSA) is 49.8 Å². The fourth-order valence-electron chi connectivity index (χ4n) is 3.15. The number of methoxy groups -OCH3 is 1. The Kier molecular flexibility index (Phi) is 9.87. The zero-order valence-corrected chi connectivity index (χ0v) is 16.8. The molecule has 150 valence electrons. The Hall–Kier alpha value is -1.37. The lowest BCUT2D eigenvalue weighted by atomic mass is 10.1. The second-order valence-corrected chi connectivity index (χ2v) is 8.01. The molecule has 1 aliphatic heterocycles. The van der Waals surface area contributed by atoms with Crippen LogP contribution < -0.4 is 0 Å². The van der Waals surface area contributed by atoms with Gasteiger partial charge in [0.1, 0.15) is 5.82 Å². The van der Waals surface area contributed by atoms with E-state index < -0.39 is 6.10 Å². The van der Waals surface area contributed by atoms with E-state index in [-0.39, 0.29) is 17.8 Å². The molecule has 1 aliphatic rings. The molecule has 2 rings (SSSR count). The first-order valence-electron chi connectivity index (χ1n) is 9.57. The van der Waals surface area contributed by atoms with Crippen molar-refractivity contribution < 1.29 is 19.0 Å². The first-order valence-corrected chi connectivity index (χ1v) is 10.7. The largest absolute Gasteiger partial charge is 0.389 e. The number of aliphatic hydroxyl groups excluding tert-OH is 1. The molecule has 1 amide bonds. The van der Waals surface area contributed by atoms with E-state index >= 15 is 0 Å². The lowest BCUT2D eigenvalue weighted by Gasteiger charge is -2.22. The average molecular weight is 396 g/mol. The van der Waals surface area contributed by atoms with Gasteiger partial charge in [0, 0.05) is 38.9 Å². The first-order chi connectivity index (χ1) is 13.1. The maximum atomic E-state index is 12.9. The molecule has 0 bridgehead atoms. The number of hydrogen-bond acceptors (Lipinski definition) is 4. The number of nitrogens with zero attached hydrogens (tertiary/aromatic N) is 1. The summed E-state index contributed by atoms with van der Waals surface area (Å²) in [5.74, 6) is 1.93. The second kappa shape index (κ2) is 12.2. The van der Waals surface area contributed by atoms with Crippen LogP contribution >= 0.6 is 11.8 Å². The van der Waals surface area contributed by atoms with Crippen LogP contribution in [0.15, 0.2) is 36.4 Å². The molecule has 0 saturated carbocycles. The normalized spacial score (nSPS) is 18.6. The molecular formula is C21H30FNO3S. The summed E-state index contributed by atoms with van der Waals surface area (Å²) in [4.78, 5) is 14.0. The zero-order valence-electron chi connectivity index (χ0n) is 16.0. The molecule has 6 heteroatoms. The number of amides is 1. The summed E-state index contributed by atoms with van der Waals surface area (Å²) in [6, 6.07) is 6.23. The lowest BCUT2D eigenvalue weighted by molar-refractivity contribution is -0.128. The molecule has 1 unspecified atom stereocenters. The van der Waals surface area contributed by atoms with Crippen LogP contribution in [0.4, 0.5) is 4.39 Å². The van der Waals surface area contributed by atoms with Gasteiger partial charge in [0.05, 0.1) is 12.1 Å². The number of carbonyl (C=O) groups is 1. The highest BCUT2D eigenvalue weighted by molar-refractivity contribution is 7.99. The quantitative estimate of drug-likeness (QED) is 0.435. The smallest absolute Gasteiger partial charge is 0.223 e. The minimum atomic E-state index is -0.636. The van der Waals surface area contributed by atoms with Crippen molar-refractivity contribution in [3.8, 4) is 0 Å². The minimum Gasteiger partial charge on any atom is -0.389 e. The fourth-order valence-corrected chi connectivity index (χ4v) is 4.09. The van der Waals surface area contributed by atoms with Crippen molar-refractivity contribution in [3.63, 3.8) is 0 Å². The Morgan fingerprint density at radius 3 is 2.85 bits per heavy atom. The molecule has 0 aromatic heterocycles. The van der Waals surface area contributed by atoms with Gasteiger partial charge in [-0.15, -0.1) is 0 Å². The number of carbonyl (C=O) groups excluding carboxylic acids is 1. The van der Waals surface area contributed by atoms with E-state index in [0.29, 0.717) is 12.8 Å². The average Bonchev–Trinajstić information content (AvgIpc) is 3.01. The molecule has 1 N–H and O–H groups in total. The molecule has 1 fully saturated rings. The summed E-state index contributed by atoms with van der Waals surface area (Å²) in [6.45, 7) is 1.55. The highest BCUT2D eigenvalue weighted by Gasteiger charge is 2.28. The Morgan fingerprint density at radius 1 is 1.33 bits per heavy atom. The predicted molar refractivity (Wildman–Crippen MR) is 108 cm³/mol. The van der Waals surface area contributed by atoms with Gasteiger partial charge in [-0.2, -0.15) is 11.8 Å². The van der Waals surface area contributed by atoms with Gasteiger partial charge in [0.2, 0.25) is 5.91 Å². The number of halogens is 1. The highest BCUT2D eigenvalue weighted by Crippen LogP contribution is 2.21. The third-order valence-corrected chi connectivity index (χ3v) is 5.70. The summed E-state index contributed by atoms with van der Waals surface area (Å²) in [7, 11) is 1.72. The standard InChI is InChI=1S/C21H30FNO3S/c1-26-13-2-3-14-27-15-12-23-19(9-11-21(23)25)8-10-20(24)16-17-4-6-18(22)7-5-17/h4-8,10,19-20,24H,2-3,9,11-16H2,1H3/b10-8+/t19?,20-/m1/s1. The monoisotopic (exact) mass is 395 g/mol. The maximum absolute atomic E-state index is 12.9. The van der Waals surface area contributed by atoms with Gasteiger partial charge in [-0.25, -0.2) is 4.39 Å². The van der Waals surface area contributed by atoms with E-state index in [0.717, 1.165) is 49.5 Å². The molecule has 1 saturated heterocycles. The van der Waals surface area contributed by atoms with Crippen molar-refractivity contribution >= 4 is 17.7 Å². The van der Waals surface area contributed by atoms with Gasteiger partial charge in [-0.3, -0.25) is 4.79 Å². The summed E-state index contributed by atoms with van der Waals surface area (Å²) >= 11 is 1.87. The number of unbranched alkanes of at least 4 members (excludes halogenated alkanes) is 1. The van der Waals surface area contributed by atoms with Crippen LogP contribution in [0.5, 0.6) is 0 Å². The number of likely N-dealkylation sites (tertiary alicyclic amines) is 1. The van der Waals surface area contributed by atoms with Crippen molar-refractivity contribution in [1.82, 2.24) is 4.90 Å². The van der Waals surface area contributed by atoms with Crippen LogP contribution in [0.1, 0.15) is 31.2 Å². The zero-order chi connectivity index (χ0) is 19.5. The van der Waals surface area contributed by atoms with Crippen molar-refractivity contribution in [2.75, 3.05) is 31.8 Å². The maximum Gasteiger partial charge on any atom is 0.223 e. The number of benzene rings is 1. The van der Waals surface area contributed by atoms with Gasteiger partial charge in [-0.1, -0.05) is 24.3 Å². The Bertz CT molecular complexity index is 594. The summed E-state index contributed by atoms with van der Waals surface area (Å²) in [5.41, 5.74) is 0.887. The molecule has 0 aliphatic carbocycles. The Morgan fingerprint density at radius 2 is 2.11 bits per heavy atom. The predicted octanol–water partition coefficient (Wildman–Crippen LogP) is 3.44. The van der Waals surface area contributed by atoms with Crippen LogP contribution in [0, 0.1) is 5.82 Å². The lowest BCUT2D eigenvalue weighted by Crippen LogP contribution is -2.34. The summed E-state index contributed by atoms with van der Waals surface area (Å²) in [5, 5.41) is 10.2. The number of ether oxygens (including phenoxy) is 1. The van der Waals surface area contributed by atoms with Gasteiger partial charge in [-0.05, 0) is 42.7 Å². The van der Waals surface area contributed by atoms with Crippen LogP contribution in [0.3, 0.4) is 0 Å². The van der Waals surface area contributed by atoms with Crippen molar-refractivity contribution in [1.29, 1.82) is 0 Å². The molecule has 1 aromatic rings. The van der Waals surface area contributed by atoms with E-state index in [4.69, 9.17) is 4.74 Å².